The molecule has 12 heavy (non-hydrogen) atoms. The third kappa shape index (κ3) is 5.01. The molecule has 0 fully saturated rings. The second-order valence-electron chi connectivity index (χ2n) is 3.25. The predicted octanol–water partition coefficient (Wildman–Crippen LogP) is 1.75. The Morgan fingerprint density at radius 3 is 2.33 bits per heavy atom. The Balaban J connectivity index is 3.59. The number of nitrogens with one attached hydrogen (secondary N) is 1. The zero-order valence-electron chi connectivity index (χ0n) is 8.76. The SMILES string of the molecule is COC(C)C(C)NC(C)CSC. The average molecular weight is 191 g/mol. The second-order valence-corrected chi connectivity index (χ2v) is 4.16. The molecule has 0 aliphatic carbocycles. The minimum Gasteiger partial charge on any atom is -0.380 e. The summed E-state index contributed by atoms with van der Waals surface area (Å²) >= 11 is 1.87. The molecule has 0 aliphatic heterocycles. The van der Waals surface area contributed by atoms with Crippen molar-refractivity contribution in [1.29, 1.82) is 0 Å². The number of methoxy groups -OCH3 is 1. The van der Waals surface area contributed by atoms with Crippen molar-refractivity contribution in [2.75, 3.05) is 19.1 Å². The molecule has 0 heterocycles. The van der Waals surface area contributed by atoms with Crippen LogP contribution in [0, 0.1) is 0 Å². The van der Waals surface area contributed by atoms with E-state index in [1.54, 1.807) is 7.11 Å². The quantitative estimate of drug-likeness (QED) is 0.691. The minimum absolute atomic E-state index is 0.286. The number of hydrogen-bond donors (Lipinski definition) is 1. The Morgan fingerprint density at radius 1 is 1.33 bits per heavy atom. The molecular formula is C9H21NOS. The first kappa shape index (κ1) is 12.3. The lowest BCUT2D eigenvalue weighted by atomic mass is 10.2. The molecule has 0 aromatic rings. The molecule has 0 saturated carbocycles. The van der Waals surface area contributed by atoms with E-state index in [4.69, 9.17) is 4.74 Å². The molecule has 0 bridgehead atoms. The molecule has 0 radical (unpaired) electrons. The second kappa shape index (κ2) is 6.75. The fourth-order valence-corrected chi connectivity index (χ4v) is 1.68. The maximum Gasteiger partial charge on any atom is 0.0693 e. The van der Waals surface area contributed by atoms with E-state index >= 15 is 0 Å². The standard InChI is InChI=1S/C9H21NOS/c1-7(6-12-5)10-8(2)9(3)11-4/h7-10H,6H2,1-5H3. The van der Waals surface area contributed by atoms with Crippen LogP contribution in [0.25, 0.3) is 0 Å². The van der Waals surface area contributed by atoms with Gasteiger partial charge in [0.25, 0.3) is 0 Å². The molecule has 1 N–H and O–H groups in total. The van der Waals surface area contributed by atoms with Crippen molar-refractivity contribution in [2.24, 2.45) is 0 Å². The van der Waals surface area contributed by atoms with Gasteiger partial charge in [-0.25, -0.2) is 0 Å². The van der Waals surface area contributed by atoms with Crippen LogP contribution in [-0.4, -0.2) is 37.3 Å². The highest BCUT2D eigenvalue weighted by Crippen LogP contribution is 2.01. The van der Waals surface area contributed by atoms with Gasteiger partial charge in [0.05, 0.1) is 6.10 Å². The summed E-state index contributed by atoms with van der Waals surface area (Å²) in [5.74, 6) is 1.15. The zero-order chi connectivity index (χ0) is 9.56. The van der Waals surface area contributed by atoms with Gasteiger partial charge in [-0.1, -0.05) is 0 Å². The summed E-state index contributed by atoms with van der Waals surface area (Å²) in [5.41, 5.74) is 0. The normalized spacial score (nSPS) is 18.8. The van der Waals surface area contributed by atoms with Gasteiger partial charge >= 0.3 is 0 Å². The molecule has 0 aliphatic rings. The van der Waals surface area contributed by atoms with Gasteiger partial charge in [0.15, 0.2) is 0 Å². The van der Waals surface area contributed by atoms with Crippen molar-refractivity contribution in [2.45, 2.75) is 39.0 Å². The summed E-state index contributed by atoms with van der Waals surface area (Å²) in [6.07, 6.45) is 2.41. The smallest absolute Gasteiger partial charge is 0.0693 e. The van der Waals surface area contributed by atoms with Crippen molar-refractivity contribution in [3.05, 3.63) is 0 Å². The lowest BCUT2D eigenvalue weighted by molar-refractivity contribution is 0.0862. The summed E-state index contributed by atoms with van der Waals surface area (Å²) in [4.78, 5) is 0. The van der Waals surface area contributed by atoms with Crippen molar-refractivity contribution in [3.8, 4) is 0 Å². The molecule has 74 valence electrons. The van der Waals surface area contributed by atoms with E-state index in [9.17, 15) is 0 Å². The zero-order valence-corrected chi connectivity index (χ0v) is 9.57. The molecule has 0 aromatic carbocycles. The topological polar surface area (TPSA) is 21.3 Å². The molecular weight excluding hydrogens is 170 g/mol. The van der Waals surface area contributed by atoms with Crippen LogP contribution in [0.4, 0.5) is 0 Å². The van der Waals surface area contributed by atoms with Crippen LogP contribution in [0.2, 0.25) is 0 Å². The molecule has 3 heteroatoms. The largest absolute Gasteiger partial charge is 0.380 e. The molecule has 0 amide bonds. The van der Waals surface area contributed by atoms with Crippen LogP contribution < -0.4 is 5.32 Å². The molecule has 0 saturated heterocycles. The lowest BCUT2D eigenvalue weighted by Gasteiger charge is -2.23. The summed E-state index contributed by atoms with van der Waals surface area (Å²) < 4.78 is 5.22. The Labute approximate surface area is 80.4 Å². The lowest BCUT2D eigenvalue weighted by Crippen LogP contribution is -2.42. The first-order valence-corrected chi connectivity index (χ1v) is 5.79. The first-order valence-electron chi connectivity index (χ1n) is 4.39. The fourth-order valence-electron chi connectivity index (χ4n) is 1.09. The van der Waals surface area contributed by atoms with Gasteiger partial charge in [-0.2, -0.15) is 11.8 Å². The van der Waals surface area contributed by atoms with Crippen LogP contribution in [0.1, 0.15) is 20.8 Å². The molecule has 3 unspecified atom stereocenters. The van der Waals surface area contributed by atoms with E-state index in [1.807, 2.05) is 11.8 Å². The van der Waals surface area contributed by atoms with Crippen LogP contribution in [-0.2, 0) is 4.74 Å². The fraction of sp³-hybridized carbons (Fsp3) is 1.00. The average Bonchev–Trinajstić information content (AvgIpc) is 2.03. The van der Waals surface area contributed by atoms with Gasteiger partial charge in [0.2, 0.25) is 0 Å². The van der Waals surface area contributed by atoms with Crippen LogP contribution in [0.15, 0.2) is 0 Å². The van der Waals surface area contributed by atoms with Crippen LogP contribution >= 0.6 is 11.8 Å². The third-order valence-electron chi connectivity index (χ3n) is 2.04. The Morgan fingerprint density at radius 2 is 1.92 bits per heavy atom. The molecule has 0 spiro atoms. The molecule has 2 nitrogen and oxygen atoms in total. The van der Waals surface area contributed by atoms with Gasteiger partial charge in [0, 0.05) is 24.9 Å². The van der Waals surface area contributed by atoms with E-state index in [0.29, 0.717) is 12.1 Å². The van der Waals surface area contributed by atoms with Crippen molar-refractivity contribution in [1.82, 2.24) is 5.32 Å². The highest BCUT2D eigenvalue weighted by molar-refractivity contribution is 7.98. The van der Waals surface area contributed by atoms with Crippen molar-refractivity contribution in [3.63, 3.8) is 0 Å². The number of ether oxygens (including phenoxy) is 1. The van der Waals surface area contributed by atoms with Crippen molar-refractivity contribution >= 4 is 11.8 Å². The van der Waals surface area contributed by atoms with Gasteiger partial charge in [-0.05, 0) is 27.0 Å². The highest BCUT2D eigenvalue weighted by atomic mass is 32.2. The van der Waals surface area contributed by atoms with E-state index < -0.39 is 0 Å². The highest BCUT2D eigenvalue weighted by Gasteiger charge is 2.12. The third-order valence-corrected chi connectivity index (χ3v) is 2.87. The molecule has 3 atom stereocenters. The number of hydrogen-bond acceptors (Lipinski definition) is 3. The van der Waals surface area contributed by atoms with E-state index in [1.165, 1.54) is 0 Å². The summed E-state index contributed by atoms with van der Waals surface area (Å²) in [6, 6.07) is 0.991. The molecule has 0 rings (SSSR count). The first-order chi connectivity index (χ1) is 5.61. The molecule has 0 aromatic heterocycles. The maximum atomic E-state index is 5.22. The van der Waals surface area contributed by atoms with Crippen molar-refractivity contribution < 1.29 is 4.74 Å². The van der Waals surface area contributed by atoms with Gasteiger partial charge < -0.3 is 10.1 Å². The van der Waals surface area contributed by atoms with Crippen LogP contribution in [0.5, 0.6) is 0 Å². The van der Waals surface area contributed by atoms with E-state index in [0.717, 1.165) is 5.75 Å². The van der Waals surface area contributed by atoms with E-state index in [2.05, 4.69) is 32.3 Å². The van der Waals surface area contributed by atoms with Gasteiger partial charge in [0.1, 0.15) is 0 Å². The monoisotopic (exact) mass is 191 g/mol. The van der Waals surface area contributed by atoms with Crippen LogP contribution in [0.3, 0.4) is 0 Å². The summed E-state index contributed by atoms with van der Waals surface area (Å²) in [7, 11) is 1.75. The number of rotatable bonds is 6. The maximum absolute atomic E-state index is 5.22. The Kier molecular flexibility index (Phi) is 6.90. The van der Waals surface area contributed by atoms with Gasteiger partial charge in [-0.3, -0.25) is 0 Å². The Hall–Kier alpha value is 0.270. The summed E-state index contributed by atoms with van der Waals surface area (Å²) in [6.45, 7) is 6.45. The number of thioether (sulfide) groups is 1. The Bertz CT molecular complexity index is 111. The van der Waals surface area contributed by atoms with Gasteiger partial charge in [-0.15, -0.1) is 0 Å². The minimum atomic E-state index is 0.286. The summed E-state index contributed by atoms with van der Waals surface area (Å²) in [5, 5.41) is 3.49. The predicted molar refractivity (Wildman–Crippen MR) is 56.9 cm³/mol. The van der Waals surface area contributed by atoms with E-state index in [-0.39, 0.29) is 6.10 Å².